The first-order valence-corrected chi connectivity index (χ1v) is 6.30. The minimum absolute atomic E-state index is 0.0269. The summed E-state index contributed by atoms with van der Waals surface area (Å²) in [6.45, 7) is 0.691. The molecule has 0 atom stereocenters. The first-order valence-electron chi connectivity index (χ1n) is 6.30. The summed E-state index contributed by atoms with van der Waals surface area (Å²) < 4.78 is 5.53. The van der Waals surface area contributed by atoms with E-state index in [9.17, 15) is 10.1 Å². The predicted octanol–water partition coefficient (Wildman–Crippen LogP) is 2.60. The van der Waals surface area contributed by atoms with E-state index in [2.05, 4.69) is 0 Å². The number of nitro benzene ring substituents is 1. The van der Waals surface area contributed by atoms with E-state index >= 15 is 0 Å². The average Bonchev–Trinajstić information content (AvgIpc) is 2.48. The summed E-state index contributed by atoms with van der Waals surface area (Å²) in [5, 5.41) is 18.0. The molecule has 0 saturated carbocycles. The minimum atomic E-state index is -0.427. The van der Waals surface area contributed by atoms with E-state index < -0.39 is 4.92 Å². The number of benzene rings is 2. The summed E-state index contributed by atoms with van der Waals surface area (Å²) >= 11 is 0. The molecule has 0 saturated heterocycles. The van der Waals surface area contributed by atoms with Crippen molar-refractivity contribution in [3.63, 3.8) is 0 Å². The number of nitrogens with zero attached hydrogens (tertiary/aromatic N) is 1. The van der Waals surface area contributed by atoms with Gasteiger partial charge in [-0.1, -0.05) is 36.4 Å². The van der Waals surface area contributed by atoms with Gasteiger partial charge in [-0.05, 0) is 11.1 Å². The Morgan fingerprint density at radius 1 is 1.14 bits per heavy atom. The number of hydrogen-bond acceptors (Lipinski definition) is 4. The smallest absolute Gasteiger partial charge is 0.269 e. The van der Waals surface area contributed by atoms with Gasteiger partial charge in [0.25, 0.3) is 5.69 Å². The highest BCUT2D eigenvalue weighted by Gasteiger charge is 2.05. The van der Waals surface area contributed by atoms with Gasteiger partial charge in [0, 0.05) is 17.7 Å². The number of nitro groups is 1. The zero-order valence-corrected chi connectivity index (χ0v) is 11.3. The van der Waals surface area contributed by atoms with Crippen LogP contribution in [-0.2, 0) is 18.0 Å². The van der Waals surface area contributed by atoms with Gasteiger partial charge in [-0.3, -0.25) is 15.5 Å². The number of hydrogen-bond donors (Lipinski definition) is 2. The van der Waals surface area contributed by atoms with Gasteiger partial charge in [0.1, 0.15) is 5.84 Å². The lowest BCUT2D eigenvalue weighted by Gasteiger charge is -2.05. The third kappa shape index (κ3) is 4.12. The molecule has 0 bridgehead atoms. The second-order valence-corrected chi connectivity index (χ2v) is 4.53. The monoisotopic (exact) mass is 285 g/mol. The Bertz CT molecular complexity index is 653. The van der Waals surface area contributed by atoms with Crippen LogP contribution >= 0.6 is 0 Å². The molecular formula is C15H15N3O3. The van der Waals surface area contributed by atoms with Gasteiger partial charge in [-0.15, -0.1) is 0 Å². The lowest BCUT2D eigenvalue weighted by Crippen LogP contribution is -2.10. The standard InChI is InChI=1S/C15H15N3O3/c16-15(17)13-6-4-11(5-7-13)9-21-10-12-2-1-3-14(8-12)18(19)20/h1-8H,9-10H2,(H3,16,17). The molecule has 0 radical (unpaired) electrons. The van der Waals surface area contributed by atoms with Crippen molar-refractivity contribution in [2.45, 2.75) is 13.2 Å². The highest BCUT2D eigenvalue weighted by molar-refractivity contribution is 5.94. The molecule has 2 rings (SSSR count). The summed E-state index contributed by atoms with van der Waals surface area (Å²) in [6, 6.07) is 13.6. The number of nitrogens with two attached hydrogens (primary N) is 1. The Morgan fingerprint density at radius 3 is 2.43 bits per heavy atom. The van der Waals surface area contributed by atoms with Crippen LogP contribution in [0.2, 0.25) is 0 Å². The van der Waals surface area contributed by atoms with Gasteiger partial charge < -0.3 is 10.5 Å². The SMILES string of the molecule is N=C(N)c1ccc(COCc2cccc([N+](=O)[O-])c2)cc1. The molecule has 21 heavy (non-hydrogen) atoms. The molecule has 108 valence electrons. The van der Waals surface area contributed by atoms with E-state index in [0.717, 1.165) is 11.1 Å². The average molecular weight is 285 g/mol. The molecule has 3 N–H and O–H groups in total. The van der Waals surface area contributed by atoms with Crippen LogP contribution in [0, 0.1) is 15.5 Å². The van der Waals surface area contributed by atoms with Gasteiger partial charge in [-0.2, -0.15) is 0 Å². The van der Waals surface area contributed by atoms with Crippen LogP contribution in [0.25, 0.3) is 0 Å². The van der Waals surface area contributed by atoms with Crippen LogP contribution < -0.4 is 5.73 Å². The first kappa shape index (κ1) is 14.7. The fraction of sp³-hybridized carbons (Fsp3) is 0.133. The van der Waals surface area contributed by atoms with E-state index in [0.29, 0.717) is 18.8 Å². The van der Waals surface area contributed by atoms with Crippen LogP contribution in [0.1, 0.15) is 16.7 Å². The van der Waals surface area contributed by atoms with Gasteiger partial charge in [0.05, 0.1) is 18.1 Å². The fourth-order valence-corrected chi connectivity index (χ4v) is 1.83. The Labute approximate surface area is 121 Å². The van der Waals surface area contributed by atoms with Crippen LogP contribution in [0.4, 0.5) is 5.69 Å². The van der Waals surface area contributed by atoms with Gasteiger partial charge in [0.2, 0.25) is 0 Å². The molecule has 0 aliphatic carbocycles. The minimum Gasteiger partial charge on any atom is -0.384 e. The molecule has 6 heteroatoms. The Morgan fingerprint density at radius 2 is 1.81 bits per heavy atom. The Kier molecular flexibility index (Phi) is 4.63. The summed E-state index contributed by atoms with van der Waals surface area (Å²) in [4.78, 5) is 10.2. The highest BCUT2D eigenvalue weighted by atomic mass is 16.6. The topological polar surface area (TPSA) is 102 Å². The summed E-state index contributed by atoms with van der Waals surface area (Å²) in [5.74, 6) is 0.0269. The maximum Gasteiger partial charge on any atom is 0.269 e. The van der Waals surface area contributed by atoms with Crippen LogP contribution in [0.3, 0.4) is 0 Å². The zero-order chi connectivity index (χ0) is 15.2. The molecule has 6 nitrogen and oxygen atoms in total. The van der Waals surface area contributed by atoms with E-state index in [4.69, 9.17) is 15.9 Å². The molecular weight excluding hydrogens is 270 g/mol. The van der Waals surface area contributed by atoms with Crippen molar-refractivity contribution in [1.82, 2.24) is 0 Å². The lowest BCUT2D eigenvalue weighted by atomic mass is 10.1. The third-order valence-corrected chi connectivity index (χ3v) is 2.92. The van der Waals surface area contributed by atoms with Gasteiger partial charge >= 0.3 is 0 Å². The maximum atomic E-state index is 10.7. The van der Waals surface area contributed by atoms with Crippen molar-refractivity contribution < 1.29 is 9.66 Å². The normalized spacial score (nSPS) is 10.3. The van der Waals surface area contributed by atoms with Crippen molar-refractivity contribution in [3.05, 3.63) is 75.3 Å². The molecule has 2 aromatic carbocycles. The fourth-order valence-electron chi connectivity index (χ4n) is 1.83. The maximum absolute atomic E-state index is 10.7. The van der Waals surface area contributed by atoms with E-state index in [1.807, 2.05) is 12.1 Å². The number of nitrogens with one attached hydrogen (secondary N) is 1. The number of amidine groups is 1. The van der Waals surface area contributed by atoms with Crippen molar-refractivity contribution in [2.24, 2.45) is 5.73 Å². The van der Waals surface area contributed by atoms with Crippen molar-refractivity contribution in [2.75, 3.05) is 0 Å². The molecule has 0 heterocycles. The van der Waals surface area contributed by atoms with E-state index in [-0.39, 0.29) is 11.5 Å². The lowest BCUT2D eigenvalue weighted by molar-refractivity contribution is -0.384. The van der Waals surface area contributed by atoms with Crippen molar-refractivity contribution >= 4 is 11.5 Å². The summed E-state index contributed by atoms with van der Waals surface area (Å²) in [7, 11) is 0. The van der Waals surface area contributed by atoms with Crippen LogP contribution in [-0.4, -0.2) is 10.8 Å². The molecule has 2 aromatic rings. The second-order valence-electron chi connectivity index (χ2n) is 4.53. The molecule has 0 aliphatic rings. The molecule has 0 amide bonds. The Balaban J connectivity index is 1.90. The Hall–Kier alpha value is -2.73. The number of non-ortho nitro benzene ring substituents is 1. The third-order valence-electron chi connectivity index (χ3n) is 2.92. The molecule has 0 aromatic heterocycles. The zero-order valence-electron chi connectivity index (χ0n) is 11.3. The largest absolute Gasteiger partial charge is 0.384 e. The molecule has 0 spiro atoms. The van der Waals surface area contributed by atoms with Gasteiger partial charge in [-0.25, -0.2) is 0 Å². The highest BCUT2D eigenvalue weighted by Crippen LogP contribution is 2.14. The summed E-state index contributed by atoms with van der Waals surface area (Å²) in [6.07, 6.45) is 0. The van der Waals surface area contributed by atoms with Crippen LogP contribution in [0.15, 0.2) is 48.5 Å². The van der Waals surface area contributed by atoms with Crippen LogP contribution in [0.5, 0.6) is 0 Å². The second kappa shape index (κ2) is 6.62. The number of rotatable bonds is 6. The molecule has 0 aliphatic heterocycles. The number of ether oxygens (including phenoxy) is 1. The first-order chi connectivity index (χ1) is 10.1. The van der Waals surface area contributed by atoms with Crippen molar-refractivity contribution in [3.8, 4) is 0 Å². The molecule has 0 unspecified atom stereocenters. The van der Waals surface area contributed by atoms with E-state index in [1.54, 1.807) is 24.3 Å². The van der Waals surface area contributed by atoms with E-state index in [1.165, 1.54) is 12.1 Å². The molecule has 0 fully saturated rings. The predicted molar refractivity (Wildman–Crippen MR) is 79.0 cm³/mol. The quantitative estimate of drug-likeness (QED) is 0.368. The number of nitrogen functional groups attached to an aromatic ring is 1. The summed E-state index contributed by atoms with van der Waals surface area (Å²) in [5.41, 5.74) is 7.80. The van der Waals surface area contributed by atoms with Crippen molar-refractivity contribution in [1.29, 1.82) is 5.41 Å². The van der Waals surface area contributed by atoms with Gasteiger partial charge in [0.15, 0.2) is 0 Å².